The summed E-state index contributed by atoms with van der Waals surface area (Å²) >= 11 is 0. The van der Waals surface area contributed by atoms with Crippen molar-refractivity contribution in [2.75, 3.05) is 0 Å². The van der Waals surface area contributed by atoms with Crippen molar-refractivity contribution < 1.29 is 47.8 Å². The fraction of sp³-hybridized carbons (Fsp3) is 0. The Morgan fingerprint density at radius 3 is 1.74 bits per heavy atom. The van der Waals surface area contributed by atoms with E-state index in [1.54, 1.807) is 54.6 Å². The molecule has 6 N–H and O–H groups in total. The summed E-state index contributed by atoms with van der Waals surface area (Å²) in [5.74, 6) is -4.93. The van der Waals surface area contributed by atoms with E-state index in [-0.39, 0.29) is 44.6 Å². The monoisotopic (exact) mass is 800 g/mol. The van der Waals surface area contributed by atoms with Crippen molar-refractivity contribution in [3.05, 3.63) is 136 Å². The Balaban J connectivity index is 1.27. The van der Waals surface area contributed by atoms with Crippen LogP contribution in [0.3, 0.4) is 0 Å². The first kappa shape index (κ1) is 38.1. The van der Waals surface area contributed by atoms with Crippen LogP contribution in [0.4, 0.5) is 34.1 Å². The Kier molecular flexibility index (Phi) is 9.93. The fourth-order valence-electron chi connectivity index (χ4n) is 5.79. The topological polar surface area (TPSA) is 298 Å². The predicted octanol–water partition coefficient (Wildman–Crippen LogP) is 8.77. The lowest BCUT2D eigenvalue weighted by Gasteiger charge is -2.09. The number of H-pyrrole nitrogens is 1. The van der Waals surface area contributed by atoms with Gasteiger partial charge in [0.15, 0.2) is 17.1 Å². The zero-order valence-electron chi connectivity index (χ0n) is 29.1. The van der Waals surface area contributed by atoms with Crippen molar-refractivity contribution in [2.45, 2.75) is 4.90 Å². The first-order valence-electron chi connectivity index (χ1n) is 16.5. The number of azo groups is 3. The number of benzene rings is 6. The largest absolute Gasteiger partial charge is 0.505 e. The van der Waals surface area contributed by atoms with Gasteiger partial charge in [0.05, 0.1) is 39.6 Å². The summed E-state index contributed by atoms with van der Waals surface area (Å²) in [6.07, 6.45) is 0. The van der Waals surface area contributed by atoms with Crippen molar-refractivity contribution in [2.24, 2.45) is 30.7 Å². The van der Waals surface area contributed by atoms with Crippen LogP contribution < -0.4 is 5.56 Å². The molecule has 0 aliphatic rings. The van der Waals surface area contributed by atoms with E-state index in [0.29, 0.717) is 16.5 Å². The number of phenolic OH excluding ortho intramolecular Hbond substituents is 1. The number of fused-ring (bicyclic) bond motifs is 2. The molecule has 0 fully saturated rings. The van der Waals surface area contributed by atoms with Gasteiger partial charge < -0.3 is 20.4 Å². The van der Waals surface area contributed by atoms with Gasteiger partial charge in [0.2, 0.25) is 0 Å². The number of carboxylic acid groups (broad SMARTS) is 3. The number of aromatic carboxylic acids is 3. The highest BCUT2D eigenvalue weighted by Gasteiger charge is 2.24. The zero-order chi connectivity index (χ0) is 41.3. The van der Waals surface area contributed by atoms with E-state index in [2.05, 4.69) is 35.8 Å². The smallest absolute Gasteiger partial charge is 0.356 e. The average molecular weight is 801 g/mol. The van der Waals surface area contributed by atoms with Gasteiger partial charge in [0.25, 0.3) is 15.7 Å². The summed E-state index contributed by atoms with van der Waals surface area (Å²) in [4.78, 5) is 47.3. The molecular weight excluding hydrogens is 777 g/mol. The molecule has 288 valence electrons. The van der Waals surface area contributed by atoms with Crippen molar-refractivity contribution in [3.63, 3.8) is 0 Å². The maximum Gasteiger partial charge on any atom is 0.356 e. The summed E-state index contributed by atoms with van der Waals surface area (Å²) in [6, 6.07) is 26.0. The van der Waals surface area contributed by atoms with Crippen molar-refractivity contribution in [1.29, 1.82) is 0 Å². The van der Waals surface area contributed by atoms with E-state index in [1.165, 1.54) is 30.3 Å². The minimum atomic E-state index is -5.00. The van der Waals surface area contributed by atoms with Crippen LogP contribution in [0.25, 0.3) is 27.2 Å². The van der Waals surface area contributed by atoms with Crippen molar-refractivity contribution in [3.8, 4) is 11.4 Å². The average Bonchev–Trinajstić information content (AvgIpc) is 3.54. The van der Waals surface area contributed by atoms with Gasteiger partial charge in [0, 0.05) is 16.2 Å². The van der Waals surface area contributed by atoms with Crippen LogP contribution in [0.2, 0.25) is 0 Å². The lowest BCUT2D eigenvalue weighted by Crippen LogP contribution is -2.13. The second kappa shape index (κ2) is 15.1. The van der Waals surface area contributed by atoms with Crippen LogP contribution >= 0.6 is 0 Å². The molecule has 1 aromatic heterocycles. The SMILES string of the molecule is O=C(O)c1cc(N=Nc2ccc(N=Nc3c(S(=O)(=O)O)cc4ccc(N=Nc5c(C(=O)O)[nH]n(-c6ccccc6)c5=O)cc4c3O)c3ccccc23)cc(C(=O)O)c1. The van der Waals surface area contributed by atoms with Gasteiger partial charge in [-0.05, 0) is 66.0 Å². The third-order valence-electron chi connectivity index (χ3n) is 8.49. The molecule has 0 unspecified atom stereocenters. The highest BCUT2D eigenvalue weighted by Crippen LogP contribution is 2.43. The molecule has 7 aromatic rings. The number of hydrogen-bond donors (Lipinski definition) is 6. The predicted molar refractivity (Wildman–Crippen MR) is 206 cm³/mol. The van der Waals surface area contributed by atoms with Crippen LogP contribution in [0.1, 0.15) is 31.2 Å². The van der Waals surface area contributed by atoms with Gasteiger partial charge in [-0.15, -0.1) is 20.5 Å². The zero-order valence-corrected chi connectivity index (χ0v) is 29.9. The molecule has 1 heterocycles. The molecule has 0 aliphatic carbocycles. The number of phenols is 1. The van der Waals surface area contributed by atoms with E-state index in [0.717, 1.165) is 28.9 Å². The summed E-state index contributed by atoms with van der Waals surface area (Å²) < 4.78 is 36.1. The molecule has 0 spiro atoms. The van der Waals surface area contributed by atoms with Crippen LogP contribution in [0.15, 0.2) is 150 Å². The second-order valence-corrected chi connectivity index (χ2v) is 13.6. The maximum absolute atomic E-state index is 13.1. The molecule has 0 saturated carbocycles. The van der Waals surface area contributed by atoms with Gasteiger partial charge in [-0.1, -0.05) is 48.5 Å². The number of carboxylic acids is 3. The van der Waals surface area contributed by atoms with Gasteiger partial charge >= 0.3 is 17.9 Å². The number of rotatable bonds is 11. The third kappa shape index (κ3) is 7.53. The normalized spacial score (nSPS) is 12.0. The molecule has 0 radical (unpaired) electrons. The minimum Gasteiger partial charge on any atom is -0.505 e. The molecule has 0 bridgehead atoms. The van der Waals surface area contributed by atoms with Crippen LogP contribution in [-0.2, 0) is 10.1 Å². The van der Waals surface area contributed by atoms with E-state index in [1.807, 2.05) is 0 Å². The third-order valence-corrected chi connectivity index (χ3v) is 9.36. The number of nitrogens with one attached hydrogen (secondary N) is 1. The molecular formula is C38H24N8O11S. The summed E-state index contributed by atoms with van der Waals surface area (Å²) in [7, 11) is -5.00. The molecule has 0 saturated heterocycles. The van der Waals surface area contributed by atoms with E-state index >= 15 is 0 Å². The fourth-order valence-corrected chi connectivity index (χ4v) is 6.45. The van der Waals surface area contributed by atoms with Gasteiger partial charge in [-0.2, -0.15) is 18.6 Å². The van der Waals surface area contributed by atoms with Crippen molar-refractivity contribution >= 4 is 83.7 Å². The number of aromatic hydroxyl groups is 1. The minimum absolute atomic E-state index is 0.0121. The van der Waals surface area contributed by atoms with Crippen LogP contribution in [0, 0.1) is 0 Å². The lowest BCUT2D eigenvalue weighted by molar-refractivity contribution is 0.0678. The Morgan fingerprint density at radius 2 is 1.16 bits per heavy atom. The Hall–Kier alpha value is -8.23. The molecule has 6 aromatic carbocycles. The molecule has 7 rings (SSSR count). The summed E-state index contributed by atoms with van der Waals surface area (Å²) in [5.41, 5.74) is -2.39. The molecule has 58 heavy (non-hydrogen) atoms. The lowest BCUT2D eigenvalue weighted by atomic mass is 10.1. The summed E-state index contributed by atoms with van der Waals surface area (Å²) in [6.45, 7) is 0. The van der Waals surface area contributed by atoms with E-state index < -0.39 is 61.3 Å². The quantitative estimate of drug-likeness (QED) is 0.0530. The summed E-state index contributed by atoms with van der Waals surface area (Å²) in [5, 5.41) is 67.6. The van der Waals surface area contributed by atoms with Gasteiger partial charge in [-0.25, -0.2) is 19.1 Å². The molecule has 20 heteroatoms. The first-order chi connectivity index (χ1) is 27.7. The van der Waals surface area contributed by atoms with E-state index in [9.17, 15) is 52.6 Å². The second-order valence-electron chi connectivity index (χ2n) is 12.2. The standard InChI is InChI=1S/C38H24N8O11S/c47-34-27-18-22(39-44-32-33(38(53)54)45-46(35(32)48)24-6-2-1-3-7-24)11-10-19(27)17-30(58(55,56)57)31(34)43-42-29-13-12-28(25-8-4-5-9-26(25)29)41-40-23-15-20(36(49)50)14-21(16-23)37(51)52/h1-18,45,47H,(H,49,50)(H,51,52)(H,53,54)(H,55,56,57). The van der Waals surface area contributed by atoms with Gasteiger partial charge in [0.1, 0.15) is 10.6 Å². The highest BCUT2D eigenvalue weighted by atomic mass is 32.2. The number of hydrogen-bond acceptors (Lipinski definition) is 13. The number of nitrogens with zero attached hydrogens (tertiary/aromatic N) is 7. The Bertz CT molecular complexity index is 3090. The van der Waals surface area contributed by atoms with Crippen molar-refractivity contribution in [1.82, 2.24) is 9.78 Å². The van der Waals surface area contributed by atoms with Crippen LogP contribution in [-0.4, -0.2) is 61.1 Å². The Morgan fingerprint density at radius 1 is 0.586 bits per heavy atom. The number of para-hydroxylation sites is 1. The van der Waals surface area contributed by atoms with Gasteiger partial charge in [-0.3, -0.25) is 14.4 Å². The Labute approximate surface area is 324 Å². The molecule has 0 atom stereocenters. The molecule has 19 nitrogen and oxygen atoms in total. The number of aromatic amines is 1. The number of aromatic nitrogens is 2. The maximum atomic E-state index is 13.1. The number of carbonyl (C=O) groups is 3. The van der Waals surface area contributed by atoms with E-state index in [4.69, 9.17) is 0 Å². The first-order valence-corrected chi connectivity index (χ1v) is 17.9. The molecule has 0 amide bonds. The molecule has 0 aliphatic heterocycles. The highest BCUT2D eigenvalue weighted by molar-refractivity contribution is 7.86. The van der Waals surface area contributed by atoms with Crippen LogP contribution in [0.5, 0.6) is 5.75 Å².